The number of carbonyl (C=O) groups excluding carboxylic acids is 1. The Morgan fingerprint density at radius 1 is 1.37 bits per heavy atom. The van der Waals surface area contributed by atoms with Gasteiger partial charge >= 0.3 is 5.97 Å². The summed E-state index contributed by atoms with van der Waals surface area (Å²) in [7, 11) is 1.33. The van der Waals surface area contributed by atoms with Crippen LogP contribution in [0.25, 0.3) is 10.4 Å². The van der Waals surface area contributed by atoms with Gasteiger partial charge in [0.05, 0.1) is 24.4 Å². The molecule has 2 rings (SSSR count). The number of carbonyl (C=O) groups is 1. The highest BCUT2D eigenvalue weighted by atomic mass is 32.1. The highest BCUT2D eigenvalue weighted by Gasteiger charge is 2.19. The maximum atomic E-state index is 11.6. The minimum atomic E-state index is -0.425. The number of hydrogen-bond donors (Lipinski definition) is 1. The van der Waals surface area contributed by atoms with E-state index >= 15 is 0 Å². The van der Waals surface area contributed by atoms with Crippen LogP contribution in [0.15, 0.2) is 24.3 Å². The van der Waals surface area contributed by atoms with Crippen LogP contribution in [-0.4, -0.2) is 13.1 Å². The normalized spacial score (nSPS) is 9.95. The summed E-state index contributed by atoms with van der Waals surface area (Å²) in [4.78, 5) is 12.9. The molecule has 1 aromatic heterocycles. The summed E-state index contributed by atoms with van der Waals surface area (Å²) in [5.74, 6) is -0.425. The molecule has 0 radical (unpaired) electrons. The average Bonchev–Trinajstić information content (AvgIpc) is 2.75. The maximum absolute atomic E-state index is 11.6. The maximum Gasteiger partial charge on any atom is 0.350 e. The fraction of sp³-hybridized carbons (Fsp3) is 0.143. The molecule has 19 heavy (non-hydrogen) atoms. The van der Waals surface area contributed by atoms with E-state index in [0.717, 1.165) is 16.0 Å². The Morgan fingerprint density at radius 2 is 2.00 bits per heavy atom. The topological polar surface area (TPSA) is 76.1 Å². The van der Waals surface area contributed by atoms with Crippen LogP contribution < -0.4 is 5.73 Å². The second kappa shape index (κ2) is 5.12. The van der Waals surface area contributed by atoms with E-state index in [4.69, 9.17) is 15.7 Å². The fourth-order valence-electron chi connectivity index (χ4n) is 1.74. The van der Waals surface area contributed by atoms with Crippen molar-refractivity contribution in [3.8, 4) is 16.5 Å². The van der Waals surface area contributed by atoms with Gasteiger partial charge in [-0.05, 0) is 30.2 Å². The smallest absolute Gasteiger partial charge is 0.350 e. The van der Waals surface area contributed by atoms with E-state index in [1.165, 1.54) is 18.4 Å². The molecule has 0 spiro atoms. The predicted molar refractivity (Wildman–Crippen MR) is 75.0 cm³/mol. The summed E-state index contributed by atoms with van der Waals surface area (Å²) in [6, 6.07) is 9.24. The average molecular weight is 272 g/mol. The first-order valence-electron chi connectivity index (χ1n) is 5.56. The van der Waals surface area contributed by atoms with Crippen molar-refractivity contribution in [2.24, 2.45) is 0 Å². The van der Waals surface area contributed by atoms with Crippen molar-refractivity contribution >= 4 is 23.0 Å². The van der Waals surface area contributed by atoms with Crippen molar-refractivity contribution in [2.45, 2.75) is 6.92 Å². The third-order valence-electron chi connectivity index (χ3n) is 2.84. The Bertz CT molecular complexity index is 666. The Morgan fingerprint density at radius 3 is 2.53 bits per heavy atom. The molecule has 0 aliphatic heterocycles. The van der Waals surface area contributed by atoms with Crippen molar-refractivity contribution in [3.63, 3.8) is 0 Å². The number of rotatable bonds is 2. The first-order chi connectivity index (χ1) is 9.08. The minimum absolute atomic E-state index is 0.416. The molecule has 0 aliphatic carbocycles. The van der Waals surface area contributed by atoms with Gasteiger partial charge in [-0.2, -0.15) is 5.26 Å². The van der Waals surface area contributed by atoms with Gasteiger partial charge in [0.25, 0.3) is 0 Å². The van der Waals surface area contributed by atoms with Gasteiger partial charge in [0.15, 0.2) is 0 Å². The first-order valence-corrected chi connectivity index (χ1v) is 6.37. The lowest BCUT2D eigenvalue weighted by Crippen LogP contribution is -2.01. The molecule has 0 fully saturated rings. The van der Waals surface area contributed by atoms with Gasteiger partial charge in [0.2, 0.25) is 0 Å². The van der Waals surface area contributed by atoms with Crippen LogP contribution in [0.3, 0.4) is 0 Å². The van der Waals surface area contributed by atoms with Crippen molar-refractivity contribution in [1.82, 2.24) is 0 Å². The third kappa shape index (κ3) is 2.30. The van der Waals surface area contributed by atoms with E-state index in [1.807, 2.05) is 19.1 Å². The number of hydrogen-bond acceptors (Lipinski definition) is 5. The zero-order valence-electron chi connectivity index (χ0n) is 10.6. The molecular weight excluding hydrogens is 260 g/mol. The van der Waals surface area contributed by atoms with Crippen LogP contribution in [0.5, 0.6) is 0 Å². The molecule has 5 heteroatoms. The number of nitrogens with two attached hydrogens (primary N) is 1. The van der Waals surface area contributed by atoms with Gasteiger partial charge < -0.3 is 10.5 Å². The number of thiophene rings is 1. The van der Waals surface area contributed by atoms with Gasteiger partial charge in [0.1, 0.15) is 4.88 Å². The van der Waals surface area contributed by atoms with Crippen molar-refractivity contribution in [3.05, 3.63) is 40.3 Å². The zero-order valence-corrected chi connectivity index (χ0v) is 11.4. The summed E-state index contributed by atoms with van der Waals surface area (Å²) in [6.45, 7) is 1.87. The number of nitriles is 1. The second-order valence-electron chi connectivity index (χ2n) is 3.98. The van der Waals surface area contributed by atoms with Crippen molar-refractivity contribution in [2.75, 3.05) is 12.8 Å². The number of benzene rings is 1. The lowest BCUT2D eigenvalue weighted by Gasteiger charge is -1.99. The van der Waals surface area contributed by atoms with Crippen LogP contribution >= 0.6 is 11.3 Å². The molecule has 2 N–H and O–H groups in total. The molecule has 0 amide bonds. The van der Waals surface area contributed by atoms with E-state index in [9.17, 15) is 4.79 Å². The van der Waals surface area contributed by atoms with Gasteiger partial charge in [-0.3, -0.25) is 0 Å². The van der Waals surface area contributed by atoms with E-state index in [0.29, 0.717) is 16.1 Å². The summed E-state index contributed by atoms with van der Waals surface area (Å²) in [6.07, 6.45) is 0. The van der Waals surface area contributed by atoms with E-state index in [1.54, 1.807) is 12.1 Å². The number of ether oxygens (including phenoxy) is 1. The number of esters is 1. The summed E-state index contributed by atoms with van der Waals surface area (Å²) in [5.41, 5.74) is 8.77. The monoisotopic (exact) mass is 272 g/mol. The van der Waals surface area contributed by atoms with E-state index < -0.39 is 5.97 Å². The molecule has 1 heterocycles. The Balaban J connectivity index is 2.51. The number of methoxy groups -OCH3 is 1. The molecule has 4 nitrogen and oxygen atoms in total. The second-order valence-corrected chi connectivity index (χ2v) is 5.00. The molecule has 0 bridgehead atoms. The highest BCUT2D eigenvalue weighted by Crippen LogP contribution is 2.38. The van der Waals surface area contributed by atoms with Crippen LogP contribution in [0.1, 0.15) is 20.8 Å². The SMILES string of the molecule is COC(=O)c1sc(-c2ccc(C#N)cc2)c(C)c1N. The summed E-state index contributed by atoms with van der Waals surface area (Å²) >= 11 is 1.30. The summed E-state index contributed by atoms with van der Waals surface area (Å²) < 4.78 is 4.71. The van der Waals surface area contributed by atoms with Crippen LogP contribution in [0.2, 0.25) is 0 Å². The lowest BCUT2D eigenvalue weighted by molar-refractivity contribution is 0.0607. The number of nitrogens with zero attached hydrogens (tertiary/aromatic N) is 1. The highest BCUT2D eigenvalue weighted by molar-refractivity contribution is 7.18. The fourth-order valence-corrected chi connectivity index (χ4v) is 2.89. The zero-order chi connectivity index (χ0) is 14.0. The minimum Gasteiger partial charge on any atom is -0.465 e. The number of anilines is 1. The van der Waals surface area contributed by atoms with Crippen molar-refractivity contribution < 1.29 is 9.53 Å². The lowest BCUT2D eigenvalue weighted by atomic mass is 10.1. The molecule has 0 atom stereocenters. The third-order valence-corrected chi connectivity index (χ3v) is 4.18. The molecular formula is C14H12N2O2S. The Hall–Kier alpha value is -2.32. The molecule has 0 saturated carbocycles. The Labute approximate surface area is 115 Å². The Kier molecular flexibility index (Phi) is 3.54. The number of nitrogen functional groups attached to an aromatic ring is 1. The standard InChI is InChI=1S/C14H12N2O2S/c1-8-11(16)13(14(17)18-2)19-12(8)10-5-3-9(7-15)4-6-10/h3-6H,16H2,1-2H3. The molecule has 2 aromatic rings. The molecule has 96 valence electrons. The molecule has 0 aliphatic rings. The molecule has 0 saturated heterocycles. The largest absolute Gasteiger partial charge is 0.465 e. The van der Waals surface area contributed by atoms with Gasteiger partial charge in [-0.1, -0.05) is 12.1 Å². The van der Waals surface area contributed by atoms with Crippen LogP contribution in [0, 0.1) is 18.3 Å². The van der Waals surface area contributed by atoms with Gasteiger partial charge in [0, 0.05) is 4.88 Å². The predicted octanol–water partition coefficient (Wildman–Crippen LogP) is 2.96. The first kappa shape index (κ1) is 13.1. The molecule has 0 unspecified atom stereocenters. The van der Waals surface area contributed by atoms with Gasteiger partial charge in [-0.15, -0.1) is 11.3 Å². The van der Waals surface area contributed by atoms with Crippen molar-refractivity contribution in [1.29, 1.82) is 5.26 Å². The van der Waals surface area contributed by atoms with Crippen LogP contribution in [-0.2, 0) is 4.74 Å². The van der Waals surface area contributed by atoms with E-state index in [2.05, 4.69) is 6.07 Å². The summed E-state index contributed by atoms with van der Waals surface area (Å²) in [5, 5.41) is 8.78. The van der Waals surface area contributed by atoms with Gasteiger partial charge in [-0.25, -0.2) is 4.79 Å². The molecule has 1 aromatic carbocycles. The van der Waals surface area contributed by atoms with Crippen LogP contribution in [0.4, 0.5) is 5.69 Å². The van der Waals surface area contributed by atoms with E-state index in [-0.39, 0.29) is 0 Å². The quantitative estimate of drug-likeness (QED) is 0.853.